The minimum Gasteiger partial charge on any atom is -0.316 e. The molecule has 0 amide bonds. The smallest absolute Gasteiger partial charge is 0.0445 e. The summed E-state index contributed by atoms with van der Waals surface area (Å²) in [6.45, 7) is 0.958. The molecule has 1 aromatic heterocycles. The first-order valence-electron chi connectivity index (χ1n) is 2.51. The molecular weight excluding hydrogens is 118 g/mol. The van der Waals surface area contributed by atoms with Gasteiger partial charge in [0.25, 0.3) is 0 Å². The number of hydrogen-bond acceptors (Lipinski definition) is 2. The largest absolute Gasteiger partial charge is 0.316 e. The lowest BCUT2D eigenvalue weighted by molar-refractivity contribution is 0.821. The van der Waals surface area contributed by atoms with E-state index in [4.69, 9.17) is 0 Å². The van der Waals surface area contributed by atoms with Crippen LogP contribution in [0.2, 0.25) is 0 Å². The summed E-state index contributed by atoms with van der Waals surface area (Å²) in [6, 6.07) is 2.00. The van der Waals surface area contributed by atoms with Crippen LogP contribution in [0, 0.1) is 5.38 Å². The molecular formula is C6H8NS. The third kappa shape index (κ3) is 1.32. The van der Waals surface area contributed by atoms with Gasteiger partial charge in [-0.05, 0) is 24.1 Å². The molecule has 43 valence electrons. The summed E-state index contributed by atoms with van der Waals surface area (Å²) in [4.78, 5) is 0. The van der Waals surface area contributed by atoms with Gasteiger partial charge < -0.3 is 5.32 Å². The van der Waals surface area contributed by atoms with Crippen molar-refractivity contribution in [1.82, 2.24) is 5.32 Å². The van der Waals surface area contributed by atoms with Crippen LogP contribution in [0.15, 0.2) is 11.4 Å². The van der Waals surface area contributed by atoms with E-state index in [1.54, 1.807) is 11.3 Å². The van der Waals surface area contributed by atoms with Crippen LogP contribution >= 0.6 is 11.3 Å². The molecule has 1 N–H and O–H groups in total. The second-order valence-electron chi connectivity index (χ2n) is 1.60. The van der Waals surface area contributed by atoms with E-state index in [-0.39, 0.29) is 0 Å². The molecule has 0 atom stereocenters. The van der Waals surface area contributed by atoms with Crippen molar-refractivity contribution in [1.29, 1.82) is 0 Å². The molecule has 0 aliphatic heterocycles. The van der Waals surface area contributed by atoms with Crippen LogP contribution < -0.4 is 5.32 Å². The third-order valence-electron chi connectivity index (χ3n) is 0.904. The first-order valence-corrected chi connectivity index (χ1v) is 3.39. The summed E-state index contributed by atoms with van der Waals surface area (Å²) >= 11 is 1.61. The molecule has 0 bridgehead atoms. The van der Waals surface area contributed by atoms with Crippen LogP contribution in [0.3, 0.4) is 0 Å². The van der Waals surface area contributed by atoms with Crippen molar-refractivity contribution in [3.63, 3.8) is 0 Å². The lowest BCUT2D eigenvalue weighted by atomic mass is 10.3. The molecule has 1 nitrogen and oxygen atoms in total. The Labute approximate surface area is 53.4 Å². The first kappa shape index (κ1) is 5.79. The highest BCUT2D eigenvalue weighted by Gasteiger charge is 1.86. The molecule has 1 radical (unpaired) electrons. The Morgan fingerprint density at radius 2 is 2.75 bits per heavy atom. The van der Waals surface area contributed by atoms with Crippen molar-refractivity contribution in [2.75, 3.05) is 7.05 Å². The second kappa shape index (κ2) is 2.84. The van der Waals surface area contributed by atoms with E-state index in [1.807, 2.05) is 13.1 Å². The van der Waals surface area contributed by atoms with Crippen molar-refractivity contribution < 1.29 is 0 Å². The van der Waals surface area contributed by atoms with Gasteiger partial charge >= 0.3 is 0 Å². The highest BCUT2D eigenvalue weighted by atomic mass is 32.1. The minimum atomic E-state index is 0.958. The Kier molecular flexibility index (Phi) is 2.06. The maximum Gasteiger partial charge on any atom is 0.0445 e. The highest BCUT2D eigenvalue weighted by Crippen LogP contribution is 2.02. The standard InChI is InChI=1S/C6H8NS/c1-7-4-6-2-3-8-5-6/h2,5,7H,4H2,1H3. The van der Waals surface area contributed by atoms with Crippen LogP contribution in [0.4, 0.5) is 0 Å². The van der Waals surface area contributed by atoms with Gasteiger partial charge in [0.15, 0.2) is 0 Å². The van der Waals surface area contributed by atoms with E-state index < -0.39 is 0 Å². The topological polar surface area (TPSA) is 12.0 Å². The lowest BCUT2D eigenvalue weighted by Crippen LogP contribution is -2.03. The van der Waals surface area contributed by atoms with Gasteiger partial charge in [-0.25, -0.2) is 0 Å². The minimum absolute atomic E-state index is 0.958. The predicted octanol–water partition coefficient (Wildman–Crippen LogP) is 1.27. The van der Waals surface area contributed by atoms with E-state index in [9.17, 15) is 0 Å². The average Bonchev–Trinajstić information content (AvgIpc) is 2.19. The van der Waals surface area contributed by atoms with Crippen molar-refractivity contribution in [2.24, 2.45) is 0 Å². The zero-order chi connectivity index (χ0) is 5.82. The Bertz CT molecular complexity index is 134. The molecule has 0 spiro atoms. The van der Waals surface area contributed by atoms with Crippen LogP contribution in [0.5, 0.6) is 0 Å². The maximum absolute atomic E-state index is 3.06. The third-order valence-corrected chi connectivity index (χ3v) is 1.58. The SMILES string of the molecule is CNCc1c[c]sc1. The van der Waals surface area contributed by atoms with E-state index in [2.05, 4.69) is 16.1 Å². The van der Waals surface area contributed by atoms with Gasteiger partial charge in [0.2, 0.25) is 0 Å². The maximum atomic E-state index is 3.06. The van der Waals surface area contributed by atoms with Crippen LogP contribution in [-0.4, -0.2) is 7.05 Å². The Hall–Kier alpha value is -0.340. The van der Waals surface area contributed by atoms with Crippen molar-refractivity contribution in [3.8, 4) is 0 Å². The Morgan fingerprint density at radius 3 is 3.25 bits per heavy atom. The summed E-state index contributed by atoms with van der Waals surface area (Å²) in [5, 5.41) is 8.17. The first-order chi connectivity index (χ1) is 3.93. The number of hydrogen-bond donors (Lipinski definition) is 1. The second-order valence-corrected chi connectivity index (χ2v) is 2.31. The Morgan fingerprint density at radius 1 is 1.88 bits per heavy atom. The van der Waals surface area contributed by atoms with Gasteiger partial charge in [-0.1, -0.05) is 0 Å². The van der Waals surface area contributed by atoms with Gasteiger partial charge in [0.05, 0.1) is 0 Å². The zero-order valence-corrected chi connectivity index (χ0v) is 5.59. The van der Waals surface area contributed by atoms with Gasteiger partial charge in [-0.15, -0.1) is 11.3 Å². The van der Waals surface area contributed by atoms with Crippen LogP contribution in [-0.2, 0) is 6.54 Å². The molecule has 1 heterocycles. The number of rotatable bonds is 2. The van der Waals surface area contributed by atoms with Gasteiger partial charge in [-0.3, -0.25) is 0 Å². The van der Waals surface area contributed by atoms with Crippen molar-refractivity contribution >= 4 is 11.3 Å². The summed E-state index contributed by atoms with van der Waals surface area (Å²) in [7, 11) is 1.94. The molecule has 0 aliphatic rings. The molecule has 8 heavy (non-hydrogen) atoms. The molecule has 0 aliphatic carbocycles. The van der Waals surface area contributed by atoms with E-state index in [0.717, 1.165) is 6.54 Å². The van der Waals surface area contributed by atoms with E-state index in [1.165, 1.54) is 5.56 Å². The highest BCUT2D eigenvalue weighted by molar-refractivity contribution is 7.07. The van der Waals surface area contributed by atoms with Crippen molar-refractivity contribution in [2.45, 2.75) is 6.54 Å². The number of thiophene rings is 1. The molecule has 1 rings (SSSR count). The van der Waals surface area contributed by atoms with Crippen LogP contribution in [0.25, 0.3) is 0 Å². The quantitative estimate of drug-likeness (QED) is 0.629. The molecule has 1 aromatic rings. The van der Waals surface area contributed by atoms with E-state index >= 15 is 0 Å². The molecule has 0 saturated heterocycles. The molecule has 0 unspecified atom stereocenters. The van der Waals surface area contributed by atoms with Gasteiger partial charge in [-0.2, -0.15) is 0 Å². The Balaban J connectivity index is 2.50. The van der Waals surface area contributed by atoms with Gasteiger partial charge in [0.1, 0.15) is 0 Å². The fourth-order valence-corrected chi connectivity index (χ4v) is 1.14. The summed E-state index contributed by atoms with van der Waals surface area (Å²) in [5.74, 6) is 0. The zero-order valence-electron chi connectivity index (χ0n) is 4.77. The number of nitrogens with one attached hydrogen (secondary N) is 1. The summed E-state index contributed by atoms with van der Waals surface area (Å²) < 4.78 is 0. The molecule has 0 fully saturated rings. The molecule has 0 aromatic carbocycles. The fourth-order valence-electron chi connectivity index (χ4n) is 0.550. The van der Waals surface area contributed by atoms with Crippen LogP contribution in [0.1, 0.15) is 5.56 Å². The van der Waals surface area contributed by atoms with Gasteiger partial charge in [0, 0.05) is 11.9 Å². The predicted molar refractivity (Wildman–Crippen MR) is 35.9 cm³/mol. The summed E-state index contributed by atoms with van der Waals surface area (Å²) in [5.41, 5.74) is 1.32. The molecule has 0 saturated carbocycles. The molecule has 2 heteroatoms. The lowest BCUT2D eigenvalue weighted by Gasteiger charge is -1.89. The fraction of sp³-hybridized carbons (Fsp3) is 0.333. The van der Waals surface area contributed by atoms with E-state index in [0.29, 0.717) is 0 Å². The van der Waals surface area contributed by atoms with Crippen molar-refractivity contribution in [3.05, 3.63) is 22.4 Å². The average molecular weight is 126 g/mol. The normalized spacial score (nSPS) is 9.62. The summed E-state index contributed by atoms with van der Waals surface area (Å²) in [6.07, 6.45) is 0. The monoisotopic (exact) mass is 126 g/mol.